The highest BCUT2D eigenvalue weighted by molar-refractivity contribution is 5.52. The maximum absolute atomic E-state index is 5.53. The first kappa shape index (κ1) is 11.9. The fourth-order valence-electron chi connectivity index (χ4n) is 2.26. The van der Waals surface area contributed by atoms with Gasteiger partial charge in [-0.05, 0) is 74.9 Å². The maximum atomic E-state index is 5.53. The van der Waals surface area contributed by atoms with Crippen molar-refractivity contribution in [3.8, 4) is 12.3 Å². The standard InChI is InChI=1S/C15H20/c1-8-9(2)15-13(6)11(4)10(3)12(5)14(15)7/h1,9H,2-7H3. The second kappa shape index (κ2) is 4.11. The van der Waals surface area contributed by atoms with E-state index in [1.54, 1.807) is 0 Å². The van der Waals surface area contributed by atoms with Crippen LogP contribution in [0.4, 0.5) is 0 Å². The van der Waals surface area contributed by atoms with Crippen LogP contribution in [0.3, 0.4) is 0 Å². The summed E-state index contributed by atoms with van der Waals surface area (Å²) in [6.07, 6.45) is 5.53. The van der Waals surface area contributed by atoms with Gasteiger partial charge in [-0.2, -0.15) is 0 Å². The van der Waals surface area contributed by atoms with Gasteiger partial charge in [0, 0.05) is 5.92 Å². The van der Waals surface area contributed by atoms with E-state index in [1.165, 1.54) is 33.4 Å². The maximum Gasteiger partial charge on any atom is 0.0426 e. The molecule has 0 saturated heterocycles. The van der Waals surface area contributed by atoms with E-state index in [1.807, 2.05) is 0 Å². The summed E-state index contributed by atoms with van der Waals surface area (Å²) >= 11 is 0. The van der Waals surface area contributed by atoms with Gasteiger partial charge in [0.1, 0.15) is 0 Å². The Morgan fingerprint density at radius 3 is 1.47 bits per heavy atom. The molecule has 80 valence electrons. The molecule has 0 N–H and O–H groups in total. The Bertz CT molecular complexity index is 401. The second-order valence-corrected chi connectivity index (χ2v) is 4.43. The molecule has 0 heteroatoms. The molecule has 0 radical (unpaired) electrons. The lowest BCUT2D eigenvalue weighted by molar-refractivity contribution is 0.949. The molecular weight excluding hydrogens is 180 g/mol. The van der Waals surface area contributed by atoms with Crippen molar-refractivity contribution in [2.45, 2.75) is 47.5 Å². The summed E-state index contributed by atoms with van der Waals surface area (Å²) in [5.41, 5.74) is 8.24. The highest BCUT2D eigenvalue weighted by atomic mass is 14.2. The Hall–Kier alpha value is -1.22. The van der Waals surface area contributed by atoms with Crippen molar-refractivity contribution in [3.05, 3.63) is 33.4 Å². The number of terminal acetylenes is 1. The third kappa shape index (κ3) is 1.79. The van der Waals surface area contributed by atoms with Crippen LogP contribution in [0.1, 0.15) is 46.2 Å². The second-order valence-electron chi connectivity index (χ2n) is 4.43. The van der Waals surface area contributed by atoms with Gasteiger partial charge >= 0.3 is 0 Å². The van der Waals surface area contributed by atoms with E-state index >= 15 is 0 Å². The molecule has 0 aliphatic rings. The molecule has 0 fully saturated rings. The van der Waals surface area contributed by atoms with Gasteiger partial charge in [0.25, 0.3) is 0 Å². The zero-order valence-corrected chi connectivity index (χ0v) is 10.7. The summed E-state index contributed by atoms with van der Waals surface area (Å²) < 4.78 is 0. The summed E-state index contributed by atoms with van der Waals surface area (Å²) in [6.45, 7) is 13.0. The molecule has 0 spiro atoms. The van der Waals surface area contributed by atoms with Gasteiger partial charge < -0.3 is 0 Å². The molecule has 1 aromatic carbocycles. The van der Waals surface area contributed by atoms with Gasteiger partial charge in [-0.15, -0.1) is 6.42 Å². The molecule has 0 heterocycles. The Kier molecular flexibility index (Phi) is 3.25. The highest BCUT2D eigenvalue weighted by Gasteiger charge is 2.15. The predicted molar refractivity (Wildman–Crippen MR) is 67.4 cm³/mol. The lowest BCUT2D eigenvalue weighted by Crippen LogP contribution is -2.04. The summed E-state index contributed by atoms with van der Waals surface area (Å²) in [5, 5.41) is 0. The van der Waals surface area contributed by atoms with Crippen molar-refractivity contribution in [1.29, 1.82) is 0 Å². The van der Waals surface area contributed by atoms with Crippen molar-refractivity contribution >= 4 is 0 Å². The SMILES string of the molecule is C#CC(C)c1c(C)c(C)c(C)c(C)c1C. The number of hydrogen-bond acceptors (Lipinski definition) is 0. The summed E-state index contributed by atoms with van der Waals surface area (Å²) in [6, 6.07) is 0. The van der Waals surface area contributed by atoms with E-state index < -0.39 is 0 Å². The van der Waals surface area contributed by atoms with Crippen molar-refractivity contribution in [3.63, 3.8) is 0 Å². The molecular formula is C15H20. The molecule has 1 rings (SSSR count). The molecule has 0 aromatic heterocycles. The Morgan fingerprint density at radius 1 is 0.800 bits per heavy atom. The normalized spacial score (nSPS) is 12.3. The van der Waals surface area contributed by atoms with E-state index in [2.05, 4.69) is 47.5 Å². The van der Waals surface area contributed by atoms with E-state index in [4.69, 9.17) is 6.42 Å². The van der Waals surface area contributed by atoms with Gasteiger partial charge in [-0.25, -0.2) is 0 Å². The molecule has 0 aliphatic heterocycles. The van der Waals surface area contributed by atoms with Crippen molar-refractivity contribution in [2.75, 3.05) is 0 Å². The Morgan fingerprint density at radius 2 is 1.13 bits per heavy atom. The van der Waals surface area contributed by atoms with Crippen LogP contribution in [0.25, 0.3) is 0 Å². The molecule has 1 atom stereocenters. The van der Waals surface area contributed by atoms with Crippen LogP contribution in [0.5, 0.6) is 0 Å². The molecule has 0 amide bonds. The number of hydrogen-bond donors (Lipinski definition) is 0. The predicted octanol–water partition coefficient (Wildman–Crippen LogP) is 3.97. The summed E-state index contributed by atoms with van der Waals surface area (Å²) in [7, 11) is 0. The van der Waals surface area contributed by atoms with Crippen LogP contribution >= 0.6 is 0 Å². The average Bonchev–Trinajstić information content (AvgIpc) is 2.23. The van der Waals surface area contributed by atoms with Crippen LogP contribution in [-0.4, -0.2) is 0 Å². The molecule has 1 aromatic rings. The summed E-state index contributed by atoms with van der Waals surface area (Å²) in [4.78, 5) is 0. The number of rotatable bonds is 1. The fourth-order valence-corrected chi connectivity index (χ4v) is 2.26. The quantitative estimate of drug-likeness (QED) is 0.602. The molecule has 15 heavy (non-hydrogen) atoms. The van der Waals surface area contributed by atoms with Crippen LogP contribution in [0, 0.1) is 47.0 Å². The van der Waals surface area contributed by atoms with Crippen molar-refractivity contribution < 1.29 is 0 Å². The first-order valence-electron chi connectivity index (χ1n) is 5.44. The van der Waals surface area contributed by atoms with Crippen LogP contribution < -0.4 is 0 Å². The number of benzene rings is 1. The first-order chi connectivity index (χ1) is 6.91. The molecule has 1 unspecified atom stereocenters. The lowest BCUT2D eigenvalue weighted by Gasteiger charge is -2.20. The monoisotopic (exact) mass is 200 g/mol. The minimum absolute atomic E-state index is 0.211. The van der Waals surface area contributed by atoms with E-state index in [9.17, 15) is 0 Å². The van der Waals surface area contributed by atoms with Gasteiger partial charge in [0.15, 0.2) is 0 Å². The average molecular weight is 200 g/mol. The largest absolute Gasteiger partial charge is 0.119 e. The van der Waals surface area contributed by atoms with Gasteiger partial charge in [-0.3, -0.25) is 0 Å². The zero-order valence-electron chi connectivity index (χ0n) is 10.7. The van der Waals surface area contributed by atoms with Gasteiger partial charge in [0.2, 0.25) is 0 Å². The van der Waals surface area contributed by atoms with Crippen LogP contribution in [0.2, 0.25) is 0 Å². The zero-order chi connectivity index (χ0) is 11.7. The van der Waals surface area contributed by atoms with E-state index in [0.717, 1.165) is 0 Å². The smallest absolute Gasteiger partial charge is 0.0426 e. The third-order valence-electron chi connectivity index (χ3n) is 3.74. The molecule has 0 nitrogen and oxygen atoms in total. The molecule has 0 saturated carbocycles. The summed E-state index contributed by atoms with van der Waals surface area (Å²) in [5.74, 6) is 3.05. The Labute approximate surface area is 93.7 Å². The van der Waals surface area contributed by atoms with Crippen molar-refractivity contribution in [2.24, 2.45) is 0 Å². The van der Waals surface area contributed by atoms with E-state index in [-0.39, 0.29) is 5.92 Å². The highest BCUT2D eigenvalue weighted by Crippen LogP contribution is 2.30. The van der Waals surface area contributed by atoms with Crippen LogP contribution in [-0.2, 0) is 0 Å². The molecule has 0 bridgehead atoms. The minimum Gasteiger partial charge on any atom is -0.119 e. The Balaban J connectivity index is 3.61. The van der Waals surface area contributed by atoms with E-state index in [0.29, 0.717) is 0 Å². The van der Waals surface area contributed by atoms with Crippen LogP contribution in [0.15, 0.2) is 0 Å². The van der Waals surface area contributed by atoms with Crippen molar-refractivity contribution in [1.82, 2.24) is 0 Å². The first-order valence-corrected chi connectivity index (χ1v) is 5.44. The minimum atomic E-state index is 0.211. The molecule has 0 aliphatic carbocycles. The van der Waals surface area contributed by atoms with Gasteiger partial charge in [-0.1, -0.05) is 5.92 Å². The lowest BCUT2D eigenvalue weighted by atomic mass is 9.84. The van der Waals surface area contributed by atoms with Gasteiger partial charge in [0.05, 0.1) is 0 Å². The fraction of sp³-hybridized carbons (Fsp3) is 0.467. The topological polar surface area (TPSA) is 0 Å². The third-order valence-corrected chi connectivity index (χ3v) is 3.74.